The standard InChI is InChI=1S/C13H17BrN2O/c1-9-10(8-15-2)6-13(17)16(9)12-5-3-4-11(14)7-12/h3-5,7,9-10,15H,6,8H2,1-2H3. The molecule has 1 N–H and O–H groups in total. The molecule has 92 valence electrons. The van der Waals surface area contributed by atoms with Gasteiger partial charge in [-0.1, -0.05) is 22.0 Å². The Morgan fingerprint density at radius 1 is 1.53 bits per heavy atom. The predicted molar refractivity (Wildman–Crippen MR) is 73.1 cm³/mol. The first-order chi connectivity index (χ1) is 8.13. The first kappa shape index (κ1) is 12.6. The lowest BCUT2D eigenvalue weighted by Gasteiger charge is -2.25. The zero-order valence-corrected chi connectivity index (χ0v) is 11.7. The highest BCUT2D eigenvalue weighted by Crippen LogP contribution is 2.31. The lowest BCUT2D eigenvalue weighted by molar-refractivity contribution is -0.117. The van der Waals surface area contributed by atoms with Crippen LogP contribution in [0.15, 0.2) is 28.7 Å². The maximum Gasteiger partial charge on any atom is 0.227 e. The number of amides is 1. The molecule has 0 spiro atoms. The van der Waals surface area contributed by atoms with Crippen LogP contribution in [0.3, 0.4) is 0 Å². The quantitative estimate of drug-likeness (QED) is 0.929. The van der Waals surface area contributed by atoms with Crippen molar-refractivity contribution in [1.29, 1.82) is 0 Å². The van der Waals surface area contributed by atoms with Crippen LogP contribution in [0.1, 0.15) is 13.3 Å². The van der Waals surface area contributed by atoms with E-state index >= 15 is 0 Å². The molecule has 1 fully saturated rings. The SMILES string of the molecule is CNCC1CC(=O)N(c2cccc(Br)c2)C1C. The van der Waals surface area contributed by atoms with Crippen LogP contribution < -0.4 is 10.2 Å². The minimum Gasteiger partial charge on any atom is -0.319 e. The molecule has 0 aromatic heterocycles. The molecule has 0 saturated carbocycles. The van der Waals surface area contributed by atoms with E-state index < -0.39 is 0 Å². The molecule has 3 nitrogen and oxygen atoms in total. The largest absolute Gasteiger partial charge is 0.319 e. The number of carbonyl (C=O) groups is 1. The Morgan fingerprint density at radius 2 is 2.29 bits per heavy atom. The van der Waals surface area contributed by atoms with Crippen LogP contribution in [0.5, 0.6) is 0 Å². The third-order valence-electron chi connectivity index (χ3n) is 3.35. The Balaban J connectivity index is 2.24. The molecule has 0 aliphatic carbocycles. The van der Waals surface area contributed by atoms with Gasteiger partial charge in [0.25, 0.3) is 0 Å². The van der Waals surface area contributed by atoms with Gasteiger partial charge in [-0.3, -0.25) is 4.79 Å². The summed E-state index contributed by atoms with van der Waals surface area (Å²) in [5.74, 6) is 0.613. The van der Waals surface area contributed by atoms with Gasteiger partial charge in [-0.15, -0.1) is 0 Å². The van der Waals surface area contributed by atoms with Crippen molar-refractivity contribution >= 4 is 27.5 Å². The van der Waals surface area contributed by atoms with Gasteiger partial charge in [0, 0.05) is 35.1 Å². The molecule has 2 atom stereocenters. The molecule has 1 aliphatic heterocycles. The van der Waals surface area contributed by atoms with Crippen molar-refractivity contribution in [2.75, 3.05) is 18.5 Å². The summed E-state index contributed by atoms with van der Waals surface area (Å²) in [4.78, 5) is 14.0. The van der Waals surface area contributed by atoms with E-state index in [4.69, 9.17) is 0 Å². The molecule has 1 aromatic carbocycles. The lowest BCUT2D eigenvalue weighted by atomic mass is 10.0. The molecule has 0 radical (unpaired) electrons. The summed E-state index contributed by atoms with van der Waals surface area (Å²) in [6.07, 6.45) is 0.633. The van der Waals surface area contributed by atoms with Gasteiger partial charge in [0.15, 0.2) is 0 Å². The van der Waals surface area contributed by atoms with E-state index in [1.807, 2.05) is 36.2 Å². The summed E-state index contributed by atoms with van der Waals surface area (Å²) in [7, 11) is 1.93. The van der Waals surface area contributed by atoms with Gasteiger partial charge in [-0.2, -0.15) is 0 Å². The number of nitrogens with one attached hydrogen (secondary N) is 1. The van der Waals surface area contributed by atoms with Gasteiger partial charge in [0.2, 0.25) is 5.91 Å². The third-order valence-corrected chi connectivity index (χ3v) is 3.84. The van der Waals surface area contributed by atoms with E-state index in [1.165, 1.54) is 0 Å². The fourth-order valence-corrected chi connectivity index (χ4v) is 2.83. The van der Waals surface area contributed by atoms with Gasteiger partial charge in [-0.25, -0.2) is 0 Å². The number of rotatable bonds is 3. The van der Waals surface area contributed by atoms with Gasteiger partial charge < -0.3 is 10.2 Å². The zero-order chi connectivity index (χ0) is 12.4. The van der Waals surface area contributed by atoms with Gasteiger partial charge >= 0.3 is 0 Å². The summed E-state index contributed by atoms with van der Waals surface area (Å²) < 4.78 is 1.01. The predicted octanol–water partition coefficient (Wildman–Crippen LogP) is 2.41. The first-order valence-electron chi connectivity index (χ1n) is 5.85. The van der Waals surface area contributed by atoms with E-state index in [0.717, 1.165) is 16.7 Å². The van der Waals surface area contributed by atoms with Gasteiger partial charge in [-0.05, 0) is 32.2 Å². The average Bonchev–Trinajstić information content (AvgIpc) is 2.55. The molecule has 2 rings (SSSR count). The molecule has 17 heavy (non-hydrogen) atoms. The number of hydrogen-bond acceptors (Lipinski definition) is 2. The van der Waals surface area contributed by atoms with Crippen molar-refractivity contribution in [3.63, 3.8) is 0 Å². The molecular weight excluding hydrogens is 280 g/mol. The Bertz CT molecular complexity index is 422. The number of hydrogen-bond donors (Lipinski definition) is 1. The second-order valence-corrected chi connectivity index (χ2v) is 5.42. The Labute approximate surface area is 110 Å². The fraction of sp³-hybridized carbons (Fsp3) is 0.462. The lowest BCUT2D eigenvalue weighted by Crippen LogP contribution is -2.35. The minimum absolute atomic E-state index is 0.218. The van der Waals surface area contributed by atoms with Gasteiger partial charge in [0.1, 0.15) is 0 Å². The van der Waals surface area contributed by atoms with E-state index in [0.29, 0.717) is 12.3 Å². The maximum absolute atomic E-state index is 12.1. The molecule has 2 unspecified atom stereocenters. The Kier molecular flexibility index (Phi) is 3.84. The van der Waals surface area contributed by atoms with E-state index in [1.54, 1.807) is 0 Å². The number of halogens is 1. The zero-order valence-electron chi connectivity index (χ0n) is 10.1. The second kappa shape index (κ2) is 5.19. The summed E-state index contributed by atoms with van der Waals surface area (Å²) in [6, 6.07) is 8.17. The third kappa shape index (κ3) is 2.53. The molecule has 4 heteroatoms. The molecule has 1 aromatic rings. The highest BCUT2D eigenvalue weighted by atomic mass is 79.9. The Hall–Kier alpha value is -0.870. The smallest absolute Gasteiger partial charge is 0.227 e. The van der Waals surface area contributed by atoms with E-state index in [9.17, 15) is 4.79 Å². The van der Waals surface area contributed by atoms with Crippen molar-refractivity contribution in [1.82, 2.24) is 5.32 Å². The topological polar surface area (TPSA) is 32.3 Å². The number of carbonyl (C=O) groups excluding carboxylic acids is 1. The van der Waals surface area contributed by atoms with Crippen LogP contribution in [0.4, 0.5) is 5.69 Å². The van der Waals surface area contributed by atoms with Crippen molar-refractivity contribution in [3.05, 3.63) is 28.7 Å². The highest BCUT2D eigenvalue weighted by molar-refractivity contribution is 9.10. The number of benzene rings is 1. The van der Waals surface area contributed by atoms with Crippen LogP contribution in [0.25, 0.3) is 0 Å². The van der Waals surface area contributed by atoms with Crippen LogP contribution in [-0.2, 0) is 4.79 Å². The summed E-state index contributed by atoms with van der Waals surface area (Å²) in [5, 5.41) is 3.16. The van der Waals surface area contributed by atoms with Crippen LogP contribution in [0.2, 0.25) is 0 Å². The molecular formula is C13H17BrN2O. The normalized spacial score (nSPS) is 24.4. The van der Waals surface area contributed by atoms with E-state index in [2.05, 4.69) is 28.2 Å². The summed E-state index contributed by atoms with van der Waals surface area (Å²) in [6.45, 7) is 3.01. The first-order valence-corrected chi connectivity index (χ1v) is 6.65. The van der Waals surface area contributed by atoms with Crippen molar-refractivity contribution < 1.29 is 4.79 Å². The highest BCUT2D eigenvalue weighted by Gasteiger charge is 2.37. The van der Waals surface area contributed by atoms with Crippen molar-refractivity contribution in [3.8, 4) is 0 Å². The van der Waals surface area contributed by atoms with Gasteiger partial charge in [0.05, 0.1) is 0 Å². The summed E-state index contributed by atoms with van der Waals surface area (Å²) >= 11 is 3.44. The molecule has 1 saturated heterocycles. The molecule has 1 heterocycles. The average molecular weight is 297 g/mol. The Morgan fingerprint density at radius 3 is 2.94 bits per heavy atom. The van der Waals surface area contributed by atoms with Crippen molar-refractivity contribution in [2.45, 2.75) is 19.4 Å². The van der Waals surface area contributed by atoms with Crippen molar-refractivity contribution in [2.24, 2.45) is 5.92 Å². The van der Waals surface area contributed by atoms with Crippen LogP contribution in [-0.4, -0.2) is 25.5 Å². The summed E-state index contributed by atoms with van der Waals surface area (Å²) in [5.41, 5.74) is 0.982. The fourth-order valence-electron chi connectivity index (χ4n) is 2.44. The monoisotopic (exact) mass is 296 g/mol. The second-order valence-electron chi connectivity index (χ2n) is 4.51. The van der Waals surface area contributed by atoms with E-state index in [-0.39, 0.29) is 11.9 Å². The number of nitrogens with zero attached hydrogens (tertiary/aromatic N) is 1. The van der Waals surface area contributed by atoms with Crippen LogP contribution in [0, 0.1) is 5.92 Å². The van der Waals surface area contributed by atoms with Crippen LogP contribution >= 0.6 is 15.9 Å². The molecule has 1 amide bonds. The maximum atomic E-state index is 12.1. The molecule has 1 aliphatic rings. The minimum atomic E-state index is 0.218. The number of anilines is 1. The molecule has 0 bridgehead atoms.